The highest BCUT2D eigenvalue weighted by molar-refractivity contribution is 7.98. The van der Waals surface area contributed by atoms with Crippen molar-refractivity contribution in [1.29, 1.82) is 10.8 Å². The zero-order chi connectivity index (χ0) is 78.0. The molecule has 0 unspecified atom stereocenters. The number of hydrogen-bond acceptors (Lipinski definition) is 19. The number of thioether (sulfide) groups is 1. The van der Waals surface area contributed by atoms with Crippen LogP contribution in [0.2, 0.25) is 0 Å². The minimum atomic E-state index is -1.98. The van der Waals surface area contributed by atoms with Gasteiger partial charge in [0.15, 0.2) is 11.9 Å². The summed E-state index contributed by atoms with van der Waals surface area (Å²) in [5, 5.41) is 77.6. The molecular weight excluding hydrogens is 1400 g/mol. The summed E-state index contributed by atoms with van der Waals surface area (Å²) in [5.74, 6) is -14.1. The van der Waals surface area contributed by atoms with Crippen LogP contribution in [0.5, 0.6) is 5.75 Å². The molecule has 10 atom stereocenters. The summed E-state index contributed by atoms with van der Waals surface area (Å²) < 4.78 is 0. The molecular formula is C68H95N21O16S. The van der Waals surface area contributed by atoms with E-state index in [1.54, 1.807) is 93.0 Å². The quantitative estimate of drug-likeness (QED) is 0.0101. The number of nitrogens with zero attached hydrogens (tertiary/aromatic N) is 1. The van der Waals surface area contributed by atoms with E-state index in [9.17, 15) is 63.0 Å². The molecule has 2 aromatic heterocycles. The smallest absolute Gasteiger partial charge is 0.322 e. The number of aromatic nitrogens is 3. The normalized spacial score (nSPS) is 13.8. The van der Waals surface area contributed by atoms with Crippen LogP contribution in [0.25, 0.3) is 10.9 Å². The van der Waals surface area contributed by atoms with Crippen LogP contribution in [0.4, 0.5) is 0 Å². The molecule has 0 saturated carbocycles. The number of fused-ring (bicyclic) bond motifs is 1. The van der Waals surface area contributed by atoms with E-state index in [0.29, 0.717) is 33.3 Å². The molecule has 37 nitrogen and oxygen atoms in total. The lowest BCUT2D eigenvalue weighted by molar-refractivity contribution is -0.141. The summed E-state index contributed by atoms with van der Waals surface area (Å²) in [6, 6.07) is 6.64. The third-order valence-corrected chi connectivity index (χ3v) is 17.0. The topological polar surface area (TPSA) is 609 Å². The van der Waals surface area contributed by atoms with Crippen molar-refractivity contribution in [3.05, 3.63) is 120 Å². The molecule has 574 valence electrons. The Bertz CT molecular complexity index is 3840. The highest BCUT2D eigenvalue weighted by atomic mass is 32.2. The second kappa shape index (κ2) is 43.3. The van der Waals surface area contributed by atoms with Gasteiger partial charge in [0.1, 0.15) is 66.7 Å². The molecule has 3 aromatic carbocycles. The van der Waals surface area contributed by atoms with Gasteiger partial charge in [-0.05, 0) is 98.3 Å². The van der Waals surface area contributed by atoms with Crippen LogP contribution in [0.3, 0.4) is 0 Å². The van der Waals surface area contributed by atoms with Crippen molar-refractivity contribution in [2.24, 2.45) is 23.1 Å². The summed E-state index contributed by atoms with van der Waals surface area (Å²) in [4.78, 5) is 189. The maximum absolute atomic E-state index is 15.0. The van der Waals surface area contributed by atoms with Crippen molar-refractivity contribution in [3.8, 4) is 5.75 Å². The number of aromatic hydroxyl groups is 1. The average molecular weight is 1490 g/mol. The fourth-order valence-electron chi connectivity index (χ4n) is 10.7. The first-order valence-electron chi connectivity index (χ1n) is 33.9. The molecule has 0 aliphatic rings. The van der Waals surface area contributed by atoms with Gasteiger partial charge in [0, 0.05) is 55.6 Å². The first-order chi connectivity index (χ1) is 50.4. The van der Waals surface area contributed by atoms with E-state index in [1.807, 2.05) is 0 Å². The van der Waals surface area contributed by atoms with Gasteiger partial charge in [0.05, 0.1) is 31.0 Å². The van der Waals surface area contributed by atoms with Crippen molar-refractivity contribution in [3.63, 3.8) is 0 Å². The zero-order valence-electron chi connectivity index (χ0n) is 58.9. The Hall–Kier alpha value is -11.8. The van der Waals surface area contributed by atoms with Gasteiger partial charge in [-0.25, -0.2) is 4.98 Å². The molecule has 5 aromatic rings. The summed E-state index contributed by atoms with van der Waals surface area (Å²) in [6.45, 7) is 3.06. The van der Waals surface area contributed by atoms with Gasteiger partial charge in [0.25, 0.3) is 0 Å². The van der Waals surface area contributed by atoms with Gasteiger partial charge in [-0.3, -0.25) is 73.1 Å². The number of phenolic OH excluding ortho intramolecular Hbond substituents is 1. The maximum atomic E-state index is 15.0. The summed E-state index contributed by atoms with van der Waals surface area (Å²) in [5.41, 5.74) is 19.7. The molecule has 5 rings (SSSR count). The number of carbonyl (C=O) groups is 13. The number of H-pyrrole nitrogens is 2. The average Bonchev–Trinajstić information content (AvgIpc) is 1.64. The Labute approximate surface area is 613 Å². The van der Waals surface area contributed by atoms with Crippen LogP contribution < -0.4 is 86.3 Å². The van der Waals surface area contributed by atoms with Gasteiger partial charge >= 0.3 is 11.9 Å². The molecule has 2 heterocycles. The standard InChI is InChI=1S/C68H95N21O16S/c1-36(2)56(89-58(97)44(69)26-39-18-20-42(90)21-19-39)66(105)85-48(22-25-106-4)59(98)78-33-53(91)82-51(29-41-32-74-35-80-41)64(103)86-49(27-38-12-6-5-7-13-38)62(101)84-47(17-11-24-76-68(72)73)61(100)87-50(28-40-31-77-45-15-9-8-14-43(40)45)63(102)88-52(30-54(92)93)65(104)83-46(16-10-23-75-67(70)71)60(99)81-37(3)57(96)79-34-55(94)95/h5-9,12-15,18-21,31-32,35-37,44,46-52,56,77,90H,10-11,16-17,22-30,33-34,69H2,1-4H3,(H,74,80)(H,78,98)(H,79,96)(H,81,99)(H,82,91)(H,83,104)(H,84,101)(H,85,105)(H,86,103)(H,87,100)(H,88,102)(H,89,97)(H,92,93)(H,94,95)(H4,70,71,75)(H4,72,73,76)/t37-,44-,46-,47-,48-,49-,50-,51-,52-,56-/m0/s1. The van der Waals surface area contributed by atoms with Crippen LogP contribution in [-0.4, -0.2) is 218 Å². The van der Waals surface area contributed by atoms with Crippen molar-refractivity contribution in [2.75, 3.05) is 38.2 Å². The lowest BCUT2D eigenvalue weighted by atomic mass is 10.0. The SMILES string of the molecule is CSCC[C@H](NC(=O)[C@@H](NC(=O)[C@@H](N)Cc1ccc(O)cc1)C(C)C)C(=O)NCC(=O)N[C@@H](Cc1c[nH]cn1)C(=O)N[C@@H](Cc1ccccc1)C(=O)N[C@@H](CCCNC(=N)N)C(=O)N[C@@H](Cc1c[nH]c2ccccc12)C(=O)N[C@@H](CC(=O)O)C(=O)N[C@@H](CCCNC(=N)N)C(=O)N[C@@H](C)C(=O)NCC(=O)O. The van der Waals surface area contributed by atoms with E-state index in [4.69, 9.17) is 33.1 Å². The number of carboxylic acids is 2. The summed E-state index contributed by atoms with van der Waals surface area (Å²) in [6.07, 6.45) is 3.94. The van der Waals surface area contributed by atoms with Crippen LogP contribution in [0, 0.1) is 16.7 Å². The second-order valence-electron chi connectivity index (χ2n) is 25.1. The highest BCUT2D eigenvalue weighted by Crippen LogP contribution is 2.21. The minimum Gasteiger partial charge on any atom is -0.508 e. The number of amides is 11. The highest BCUT2D eigenvalue weighted by Gasteiger charge is 2.37. The molecule has 0 spiro atoms. The van der Waals surface area contributed by atoms with E-state index >= 15 is 9.59 Å². The van der Waals surface area contributed by atoms with E-state index in [-0.39, 0.29) is 82.3 Å². The fourth-order valence-corrected chi connectivity index (χ4v) is 11.2. The van der Waals surface area contributed by atoms with Crippen molar-refractivity contribution in [2.45, 2.75) is 145 Å². The number of carbonyl (C=O) groups excluding carboxylic acids is 11. The van der Waals surface area contributed by atoms with Crippen LogP contribution in [-0.2, 0) is 88.0 Å². The number of imidazole rings is 1. The number of aromatic amines is 2. The van der Waals surface area contributed by atoms with Crippen molar-refractivity contribution in [1.82, 2.24) is 84.1 Å². The molecule has 0 saturated heterocycles. The number of hydrogen-bond donors (Lipinski definition) is 23. The third-order valence-electron chi connectivity index (χ3n) is 16.3. The van der Waals surface area contributed by atoms with E-state index in [1.165, 1.54) is 43.3 Å². The predicted octanol–water partition coefficient (Wildman–Crippen LogP) is -3.70. The van der Waals surface area contributed by atoms with Gasteiger partial charge in [-0.2, -0.15) is 11.8 Å². The number of para-hydroxylation sites is 1. The number of guanidine groups is 2. The van der Waals surface area contributed by atoms with Crippen molar-refractivity contribution >= 4 is 112 Å². The Balaban J connectivity index is 1.41. The predicted molar refractivity (Wildman–Crippen MR) is 389 cm³/mol. The Morgan fingerprint density at radius 3 is 1.58 bits per heavy atom. The third kappa shape index (κ3) is 29.5. The Kier molecular flexibility index (Phi) is 34.7. The monoisotopic (exact) mass is 1490 g/mol. The molecule has 11 amide bonds. The van der Waals surface area contributed by atoms with E-state index in [0.717, 1.165) is 0 Å². The number of carboxylic acid groups (broad SMARTS) is 2. The number of benzene rings is 3. The number of nitrogens with two attached hydrogens (primary N) is 3. The number of aliphatic carboxylic acids is 2. The van der Waals surface area contributed by atoms with Gasteiger partial charge < -0.3 is 112 Å². The largest absolute Gasteiger partial charge is 0.508 e. The molecule has 0 radical (unpaired) electrons. The first-order valence-corrected chi connectivity index (χ1v) is 35.3. The molecule has 26 N–H and O–H groups in total. The summed E-state index contributed by atoms with van der Waals surface area (Å²) >= 11 is 1.37. The molecule has 0 fully saturated rings. The second-order valence-corrected chi connectivity index (χ2v) is 26.1. The van der Waals surface area contributed by atoms with Gasteiger partial charge in [-0.1, -0.05) is 74.5 Å². The molecule has 38 heteroatoms. The zero-order valence-corrected chi connectivity index (χ0v) is 59.7. The number of rotatable bonds is 45. The fraction of sp³-hybridized carbons (Fsp3) is 0.441. The summed E-state index contributed by atoms with van der Waals surface area (Å²) in [7, 11) is 0. The minimum absolute atomic E-state index is 0.00376. The van der Waals surface area contributed by atoms with Crippen molar-refractivity contribution < 1.29 is 77.6 Å². The molecule has 0 bridgehead atoms. The lowest BCUT2D eigenvalue weighted by Gasteiger charge is -2.28. The van der Waals surface area contributed by atoms with Gasteiger partial charge in [0.2, 0.25) is 65.0 Å². The number of nitrogens with one attached hydrogen (secondary N) is 17. The molecule has 0 aliphatic heterocycles. The lowest BCUT2D eigenvalue weighted by Crippen LogP contribution is -2.61. The van der Waals surface area contributed by atoms with Gasteiger partial charge in [-0.15, -0.1) is 0 Å². The maximum Gasteiger partial charge on any atom is 0.322 e. The van der Waals surface area contributed by atoms with Crippen LogP contribution >= 0.6 is 11.8 Å². The molecule has 106 heavy (non-hydrogen) atoms. The van der Waals surface area contributed by atoms with Crippen LogP contribution in [0.15, 0.2) is 97.6 Å². The first kappa shape index (κ1) is 84.8. The molecule has 0 aliphatic carbocycles. The Morgan fingerprint density at radius 1 is 0.509 bits per heavy atom. The number of phenols is 1. The van der Waals surface area contributed by atoms with E-state index in [2.05, 4.69) is 84.1 Å². The van der Waals surface area contributed by atoms with E-state index < -0.39 is 175 Å². The Morgan fingerprint density at radius 2 is 1.02 bits per heavy atom. The van der Waals surface area contributed by atoms with Crippen LogP contribution in [0.1, 0.15) is 81.7 Å².